The van der Waals surface area contributed by atoms with Crippen LogP contribution in [0.5, 0.6) is 0 Å². The zero-order chi connectivity index (χ0) is 25.2. The minimum atomic E-state index is -2.35. The van der Waals surface area contributed by atoms with Gasteiger partial charge in [-0.15, -0.1) is 0 Å². The molecule has 1 N–H and O–H groups in total. The summed E-state index contributed by atoms with van der Waals surface area (Å²) in [5.74, 6) is -3.27. The minimum Gasteiger partial charge on any atom is -0.462 e. The summed E-state index contributed by atoms with van der Waals surface area (Å²) in [7, 11) is 0. The van der Waals surface area contributed by atoms with E-state index >= 15 is 0 Å². The van der Waals surface area contributed by atoms with E-state index in [0.717, 1.165) is 16.7 Å². The van der Waals surface area contributed by atoms with Gasteiger partial charge in [0.05, 0.1) is 33.0 Å². The minimum absolute atomic E-state index is 0.0766. The molecule has 0 radical (unpaired) electrons. The van der Waals surface area contributed by atoms with Crippen LogP contribution in [0.2, 0.25) is 0 Å². The van der Waals surface area contributed by atoms with Crippen molar-refractivity contribution in [3.8, 4) is 0 Å². The highest BCUT2D eigenvalue weighted by Crippen LogP contribution is 2.33. The van der Waals surface area contributed by atoms with Crippen molar-refractivity contribution in [2.24, 2.45) is 0 Å². The Hall–Kier alpha value is -3.07. The third-order valence-corrected chi connectivity index (χ3v) is 5.95. The van der Waals surface area contributed by atoms with Crippen molar-refractivity contribution in [3.63, 3.8) is 0 Å². The molecule has 1 aliphatic rings. The molecule has 7 heteroatoms. The van der Waals surface area contributed by atoms with Crippen LogP contribution in [0.4, 0.5) is 0 Å². The van der Waals surface area contributed by atoms with Gasteiger partial charge in [0, 0.05) is 0 Å². The number of hydrogen-bond acceptors (Lipinski definition) is 7. The van der Waals surface area contributed by atoms with E-state index in [0.29, 0.717) is 6.61 Å². The summed E-state index contributed by atoms with van der Waals surface area (Å²) in [5.41, 5.74) is 2.79. The molecule has 7 nitrogen and oxygen atoms in total. The average molecular weight is 493 g/mol. The number of ether oxygens (including phenoxy) is 5. The Balaban J connectivity index is 1.60. The lowest BCUT2D eigenvalue weighted by atomic mass is 9.95. The van der Waals surface area contributed by atoms with E-state index in [-0.39, 0.29) is 26.4 Å². The first-order valence-electron chi connectivity index (χ1n) is 12.1. The predicted octanol–water partition coefficient (Wildman–Crippen LogP) is 4.02. The molecule has 1 aliphatic heterocycles. The number of rotatable bonds is 11. The van der Waals surface area contributed by atoms with Crippen LogP contribution in [-0.2, 0) is 48.3 Å². The highest BCUT2D eigenvalue weighted by atomic mass is 16.7. The Labute approximate surface area is 211 Å². The van der Waals surface area contributed by atoms with Crippen LogP contribution >= 0.6 is 0 Å². The number of esters is 1. The summed E-state index contributed by atoms with van der Waals surface area (Å²) < 4.78 is 29.5. The Morgan fingerprint density at radius 3 is 1.78 bits per heavy atom. The lowest BCUT2D eigenvalue weighted by Gasteiger charge is -2.45. The quantitative estimate of drug-likeness (QED) is 0.405. The molecule has 3 aromatic rings. The first-order chi connectivity index (χ1) is 17.6. The zero-order valence-corrected chi connectivity index (χ0v) is 20.3. The number of carbonyl (C=O) groups is 1. The van der Waals surface area contributed by atoms with Gasteiger partial charge < -0.3 is 28.8 Å². The molecule has 0 amide bonds. The molecule has 4 rings (SSSR count). The van der Waals surface area contributed by atoms with Crippen LogP contribution in [0.15, 0.2) is 91.0 Å². The molecule has 0 bridgehead atoms. The third-order valence-electron chi connectivity index (χ3n) is 5.95. The summed E-state index contributed by atoms with van der Waals surface area (Å²) in [5, 5.41) is 11.4. The van der Waals surface area contributed by atoms with Crippen LogP contribution in [-0.4, -0.2) is 48.4 Å². The summed E-state index contributed by atoms with van der Waals surface area (Å²) in [6.07, 6.45) is -2.62. The van der Waals surface area contributed by atoms with E-state index in [2.05, 4.69) is 0 Å². The van der Waals surface area contributed by atoms with Gasteiger partial charge in [-0.05, 0) is 23.6 Å². The van der Waals surface area contributed by atoms with Crippen molar-refractivity contribution in [1.29, 1.82) is 0 Å². The molecule has 1 heterocycles. The van der Waals surface area contributed by atoms with Crippen molar-refractivity contribution in [3.05, 3.63) is 108 Å². The van der Waals surface area contributed by atoms with Crippen LogP contribution in [0.1, 0.15) is 23.6 Å². The molecule has 0 saturated carbocycles. The maximum Gasteiger partial charge on any atom is 0.369 e. The largest absolute Gasteiger partial charge is 0.462 e. The summed E-state index contributed by atoms with van der Waals surface area (Å²) in [4.78, 5) is 12.9. The van der Waals surface area contributed by atoms with Gasteiger partial charge in [-0.3, -0.25) is 0 Å². The van der Waals surface area contributed by atoms with E-state index in [9.17, 15) is 9.90 Å². The number of benzene rings is 3. The Morgan fingerprint density at radius 2 is 1.28 bits per heavy atom. The van der Waals surface area contributed by atoms with Crippen LogP contribution in [0.3, 0.4) is 0 Å². The lowest BCUT2D eigenvalue weighted by Crippen LogP contribution is -2.66. The molecular weight excluding hydrogens is 460 g/mol. The molecule has 3 aromatic carbocycles. The van der Waals surface area contributed by atoms with Gasteiger partial charge in [-0.25, -0.2) is 4.79 Å². The first kappa shape index (κ1) is 26.0. The van der Waals surface area contributed by atoms with Crippen molar-refractivity contribution >= 4 is 5.97 Å². The second-order valence-electron chi connectivity index (χ2n) is 8.54. The van der Waals surface area contributed by atoms with Gasteiger partial charge in [0.25, 0.3) is 5.79 Å². The second kappa shape index (κ2) is 12.8. The zero-order valence-electron chi connectivity index (χ0n) is 20.3. The maximum absolute atomic E-state index is 12.9. The van der Waals surface area contributed by atoms with Gasteiger partial charge >= 0.3 is 5.97 Å². The van der Waals surface area contributed by atoms with Crippen LogP contribution in [0.25, 0.3) is 0 Å². The van der Waals surface area contributed by atoms with Gasteiger partial charge in [-0.1, -0.05) is 91.0 Å². The summed E-state index contributed by atoms with van der Waals surface area (Å²) in [6, 6.07) is 28.9. The number of hydrogen-bond donors (Lipinski definition) is 1. The maximum atomic E-state index is 12.9. The van der Waals surface area contributed by atoms with Crippen molar-refractivity contribution < 1.29 is 33.6 Å². The Morgan fingerprint density at radius 1 is 0.806 bits per heavy atom. The van der Waals surface area contributed by atoms with E-state index in [1.54, 1.807) is 6.92 Å². The van der Waals surface area contributed by atoms with Crippen molar-refractivity contribution in [2.75, 3.05) is 13.2 Å². The molecule has 1 unspecified atom stereocenters. The Kier molecular flexibility index (Phi) is 9.22. The topological polar surface area (TPSA) is 83.5 Å². The summed E-state index contributed by atoms with van der Waals surface area (Å²) >= 11 is 0. The molecule has 0 spiro atoms. The van der Waals surface area contributed by atoms with Gasteiger partial charge in [-0.2, -0.15) is 0 Å². The van der Waals surface area contributed by atoms with Crippen molar-refractivity contribution in [2.45, 2.75) is 50.8 Å². The third kappa shape index (κ3) is 6.57. The smallest absolute Gasteiger partial charge is 0.369 e. The van der Waals surface area contributed by atoms with Crippen LogP contribution < -0.4 is 0 Å². The van der Waals surface area contributed by atoms with Gasteiger partial charge in [0.15, 0.2) is 6.10 Å². The number of carbonyl (C=O) groups excluding carboxylic acids is 1. The van der Waals surface area contributed by atoms with E-state index in [4.69, 9.17) is 23.7 Å². The standard InChI is InChI=1S/C29H32O7/c1-2-32-28(30)29(31)27(35-20-24-16-10-5-11-17-24)26(34-19-23-14-8-4-9-15-23)25(21-36-29)33-18-22-12-6-3-7-13-22/h3-17,25-27,31H,2,18-21H2,1H3/t25-,26-,27+,29?/m0/s1. The molecule has 4 atom stereocenters. The average Bonchev–Trinajstić information content (AvgIpc) is 2.92. The normalized spacial score (nSPS) is 23.8. The van der Waals surface area contributed by atoms with Crippen LogP contribution in [0, 0.1) is 0 Å². The highest BCUT2D eigenvalue weighted by Gasteiger charge is 2.58. The first-order valence-corrected chi connectivity index (χ1v) is 12.1. The van der Waals surface area contributed by atoms with Gasteiger partial charge in [0.1, 0.15) is 12.2 Å². The van der Waals surface area contributed by atoms with Gasteiger partial charge in [0.2, 0.25) is 0 Å². The van der Waals surface area contributed by atoms with E-state index < -0.39 is 30.1 Å². The molecule has 190 valence electrons. The summed E-state index contributed by atoms with van der Waals surface area (Å²) in [6.45, 7) is 2.35. The second-order valence-corrected chi connectivity index (χ2v) is 8.54. The Bertz CT molecular complexity index is 1060. The monoisotopic (exact) mass is 492 g/mol. The SMILES string of the molecule is CCOC(=O)C1(O)OC[C@H](OCc2ccccc2)[C@H](OCc2ccccc2)[C@H]1OCc1ccccc1. The predicted molar refractivity (Wildman–Crippen MR) is 133 cm³/mol. The molecule has 0 aromatic heterocycles. The molecule has 36 heavy (non-hydrogen) atoms. The van der Waals surface area contributed by atoms with Crippen molar-refractivity contribution in [1.82, 2.24) is 0 Å². The molecule has 0 aliphatic carbocycles. The fourth-order valence-corrected chi connectivity index (χ4v) is 4.06. The molecular formula is C29H32O7. The fraction of sp³-hybridized carbons (Fsp3) is 0.345. The highest BCUT2D eigenvalue weighted by molar-refractivity contribution is 5.78. The lowest BCUT2D eigenvalue weighted by molar-refractivity contribution is -0.335. The van der Waals surface area contributed by atoms with E-state index in [1.807, 2.05) is 91.0 Å². The van der Waals surface area contributed by atoms with E-state index in [1.165, 1.54) is 0 Å². The fourth-order valence-electron chi connectivity index (χ4n) is 4.06. The molecule has 1 saturated heterocycles. The number of aliphatic hydroxyl groups is 1. The molecule has 1 fully saturated rings.